The number of halogens is 1. The summed E-state index contributed by atoms with van der Waals surface area (Å²) in [5.74, 6) is 0. The summed E-state index contributed by atoms with van der Waals surface area (Å²) in [5, 5.41) is 0. The van der Waals surface area contributed by atoms with Crippen molar-refractivity contribution in [1.82, 2.24) is 4.72 Å². The molecule has 0 amide bonds. The van der Waals surface area contributed by atoms with Crippen molar-refractivity contribution < 1.29 is 13.2 Å². The van der Waals surface area contributed by atoms with Crippen LogP contribution in [0, 0.1) is 6.92 Å². The normalized spacial score (nSPS) is 20.1. The number of hydrogen-bond donors (Lipinski definition) is 2. The molecule has 1 aliphatic rings. The van der Waals surface area contributed by atoms with Crippen LogP contribution in [-0.4, -0.2) is 27.7 Å². The maximum atomic E-state index is 12.5. The average molecular weight is 363 g/mol. The van der Waals surface area contributed by atoms with Gasteiger partial charge in [0.05, 0.1) is 11.5 Å². The molecule has 0 radical (unpaired) electrons. The van der Waals surface area contributed by atoms with Crippen LogP contribution in [0.25, 0.3) is 0 Å². The van der Waals surface area contributed by atoms with E-state index < -0.39 is 10.0 Å². The first-order valence-electron chi connectivity index (χ1n) is 6.53. The van der Waals surface area contributed by atoms with Crippen LogP contribution in [0.5, 0.6) is 0 Å². The molecule has 1 atom stereocenters. The zero-order valence-corrected chi connectivity index (χ0v) is 13.8. The molecule has 5 nitrogen and oxygen atoms in total. The van der Waals surface area contributed by atoms with Crippen LogP contribution in [0.1, 0.15) is 24.0 Å². The number of rotatable bonds is 4. The van der Waals surface area contributed by atoms with Gasteiger partial charge in [-0.25, -0.2) is 13.1 Å². The van der Waals surface area contributed by atoms with Gasteiger partial charge in [0.1, 0.15) is 0 Å². The molecule has 112 valence electrons. The van der Waals surface area contributed by atoms with Crippen LogP contribution in [0.15, 0.2) is 21.5 Å². The quantitative estimate of drug-likeness (QED) is 0.853. The van der Waals surface area contributed by atoms with Gasteiger partial charge in [-0.1, -0.05) is 6.07 Å². The molecular formula is C13H19BrN2O3S. The van der Waals surface area contributed by atoms with Crippen molar-refractivity contribution in [3.63, 3.8) is 0 Å². The number of hydrogen-bond acceptors (Lipinski definition) is 4. The van der Waals surface area contributed by atoms with Gasteiger partial charge in [-0.2, -0.15) is 0 Å². The van der Waals surface area contributed by atoms with Gasteiger partial charge in [0.15, 0.2) is 0 Å². The Labute approximate surface area is 128 Å². The molecule has 1 aliphatic heterocycles. The summed E-state index contributed by atoms with van der Waals surface area (Å²) in [4.78, 5) is 0.239. The molecule has 0 saturated carbocycles. The van der Waals surface area contributed by atoms with Crippen LogP contribution in [-0.2, 0) is 21.3 Å². The van der Waals surface area contributed by atoms with Gasteiger partial charge in [0.2, 0.25) is 10.0 Å². The molecule has 0 aliphatic carbocycles. The smallest absolute Gasteiger partial charge is 0.242 e. The van der Waals surface area contributed by atoms with E-state index in [1.54, 1.807) is 6.07 Å². The lowest BCUT2D eigenvalue weighted by Crippen LogP contribution is -2.40. The van der Waals surface area contributed by atoms with Crippen molar-refractivity contribution in [3.8, 4) is 0 Å². The third-order valence-electron chi connectivity index (χ3n) is 3.29. The highest BCUT2D eigenvalue weighted by molar-refractivity contribution is 9.10. The predicted molar refractivity (Wildman–Crippen MR) is 80.9 cm³/mol. The molecule has 2 rings (SSSR count). The first-order chi connectivity index (χ1) is 9.44. The van der Waals surface area contributed by atoms with E-state index in [4.69, 9.17) is 10.5 Å². The number of aryl methyl sites for hydroxylation is 1. The summed E-state index contributed by atoms with van der Waals surface area (Å²) in [7, 11) is -3.58. The van der Waals surface area contributed by atoms with Gasteiger partial charge in [-0.15, -0.1) is 0 Å². The minimum absolute atomic E-state index is 0.164. The largest absolute Gasteiger partial charge is 0.380 e. The summed E-state index contributed by atoms with van der Waals surface area (Å²) >= 11 is 3.35. The Morgan fingerprint density at radius 2 is 2.25 bits per heavy atom. The third-order valence-corrected chi connectivity index (χ3v) is 6.15. The van der Waals surface area contributed by atoms with Gasteiger partial charge >= 0.3 is 0 Å². The topological polar surface area (TPSA) is 81.4 Å². The fraction of sp³-hybridized carbons (Fsp3) is 0.538. The highest BCUT2D eigenvalue weighted by Crippen LogP contribution is 2.27. The second-order valence-electron chi connectivity index (χ2n) is 4.96. The van der Waals surface area contributed by atoms with E-state index in [-0.39, 0.29) is 10.9 Å². The molecule has 7 heteroatoms. The summed E-state index contributed by atoms with van der Waals surface area (Å²) in [6.45, 7) is 3.28. The first-order valence-corrected chi connectivity index (χ1v) is 8.81. The fourth-order valence-corrected chi connectivity index (χ4v) is 4.56. The van der Waals surface area contributed by atoms with Crippen molar-refractivity contribution in [3.05, 3.63) is 27.7 Å². The lowest BCUT2D eigenvalue weighted by Gasteiger charge is -2.23. The monoisotopic (exact) mass is 362 g/mol. The fourth-order valence-electron chi connectivity index (χ4n) is 2.24. The first kappa shape index (κ1) is 15.9. The summed E-state index contributed by atoms with van der Waals surface area (Å²) in [5.41, 5.74) is 7.27. The van der Waals surface area contributed by atoms with Gasteiger partial charge in [0.25, 0.3) is 0 Å². The second-order valence-corrected chi connectivity index (χ2v) is 7.44. The Balaban J connectivity index is 2.30. The summed E-state index contributed by atoms with van der Waals surface area (Å²) in [6, 6.07) is 3.33. The maximum absolute atomic E-state index is 12.5. The minimum atomic E-state index is -3.58. The summed E-state index contributed by atoms with van der Waals surface area (Å²) in [6.07, 6.45) is 1.67. The van der Waals surface area contributed by atoms with E-state index in [0.717, 1.165) is 24.0 Å². The van der Waals surface area contributed by atoms with Crippen molar-refractivity contribution in [2.24, 2.45) is 5.73 Å². The number of benzene rings is 1. The molecule has 20 heavy (non-hydrogen) atoms. The number of nitrogens with one attached hydrogen (secondary N) is 1. The lowest BCUT2D eigenvalue weighted by molar-refractivity contribution is 0.0774. The van der Waals surface area contributed by atoms with Crippen molar-refractivity contribution >= 4 is 26.0 Å². The van der Waals surface area contributed by atoms with Crippen LogP contribution in [0.4, 0.5) is 0 Å². The van der Waals surface area contributed by atoms with E-state index in [2.05, 4.69) is 20.7 Å². The molecule has 1 heterocycles. The van der Waals surface area contributed by atoms with Crippen LogP contribution < -0.4 is 10.5 Å². The lowest BCUT2D eigenvalue weighted by atomic mass is 10.1. The number of nitrogens with two attached hydrogens (primary N) is 1. The SMILES string of the molecule is Cc1cc(CN)cc(S(=O)(=O)NC2CCCOC2)c1Br. The number of ether oxygens (including phenoxy) is 1. The van der Waals surface area contributed by atoms with E-state index in [1.165, 1.54) is 0 Å². The zero-order chi connectivity index (χ0) is 14.8. The van der Waals surface area contributed by atoms with E-state index in [0.29, 0.717) is 24.2 Å². The van der Waals surface area contributed by atoms with E-state index in [9.17, 15) is 8.42 Å². The molecule has 0 aromatic heterocycles. The van der Waals surface area contributed by atoms with Crippen molar-refractivity contribution in [1.29, 1.82) is 0 Å². The van der Waals surface area contributed by atoms with Crippen molar-refractivity contribution in [2.75, 3.05) is 13.2 Å². The van der Waals surface area contributed by atoms with E-state index in [1.807, 2.05) is 13.0 Å². The van der Waals surface area contributed by atoms with Gasteiger partial charge < -0.3 is 10.5 Å². The van der Waals surface area contributed by atoms with Crippen LogP contribution in [0.3, 0.4) is 0 Å². The van der Waals surface area contributed by atoms with Gasteiger partial charge in [0, 0.05) is 23.7 Å². The van der Waals surface area contributed by atoms with Gasteiger partial charge in [-0.3, -0.25) is 0 Å². The standard InChI is InChI=1S/C13H19BrN2O3S/c1-9-5-10(7-15)6-12(13(9)14)20(17,18)16-11-3-2-4-19-8-11/h5-6,11,16H,2-4,7-8,15H2,1H3. The molecule has 3 N–H and O–H groups in total. The van der Waals surface area contributed by atoms with Crippen LogP contribution >= 0.6 is 15.9 Å². The maximum Gasteiger partial charge on any atom is 0.242 e. The molecule has 1 aromatic carbocycles. The Kier molecular flexibility index (Phi) is 5.19. The average Bonchev–Trinajstić information content (AvgIpc) is 2.42. The Hall–Kier alpha value is -0.470. The minimum Gasteiger partial charge on any atom is -0.380 e. The third kappa shape index (κ3) is 3.59. The predicted octanol–water partition coefficient (Wildman–Crippen LogP) is 1.67. The Morgan fingerprint density at radius 1 is 1.50 bits per heavy atom. The highest BCUT2D eigenvalue weighted by Gasteiger charge is 2.25. The van der Waals surface area contributed by atoms with E-state index >= 15 is 0 Å². The molecule has 1 unspecified atom stereocenters. The van der Waals surface area contributed by atoms with Gasteiger partial charge in [-0.05, 0) is 52.9 Å². The Morgan fingerprint density at radius 3 is 2.85 bits per heavy atom. The molecule has 0 spiro atoms. The van der Waals surface area contributed by atoms with Crippen LogP contribution in [0.2, 0.25) is 0 Å². The zero-order valence-electron chi connectivity index (χ0n) is 11.4. The number of sulfonamides is 1. The molecule has 1 saturated heterocycles. The summed E-state index contributed by atoms with van der Waals surface area (Å²) < 4.78 is 33.6. The second kappa shape index (κ2) is 6.53. The molecule has 0 bridgehead atoms. The molecule has 1 fully saturated rings. The highest BCUT2D eigenvalue weighted by atomic mass is 79.9. The van der Waals surface area contributed by atoms with Crippen molar-refractivity contribution in [2.45, 2.75) is 37.2 Å². The molecular weight excluding hydrogens is 344 g/mol. The molecule has 1 aromatic rings. The Bertz CT molecular complexity index is 584.